The molecule has 0 spiro atoms. The summed E-state index contributed by atoms with van der Waals surface area (Å²) in [5.74, 6) is -0.192. The van der Waals surface area contributed by atoms with E-state index >= 15 is 0 Å². The highest BCUT2D eigenvalue weighted by Crippen LogP contribution is 2.51. The van der Waals surface area contributed by atoms with E-state index in [0.717, 1.165) is 27.0 Å². The summed E-state index contributed by atoms with van der Waals surface area (Å²) in [5.41, 5.74) is 10.7. The number of anilines is 3. The van der Waals surface area contributed by atoms with Crippen LogP contribution in [-0.4, -0.2) is 13.1 Å². The largest absolute Gasteiger partial charge is 0.469 e. The molecule has 0 fully saturated rings. The number of ether oxygens (including phenoxy) is 1. The van der Waals surface area contributed by atoms with E-state index in [1.165, 1.54) is 39.8 Å². The number of para-hydroxylation sites is 1. The molecule has 5 aromatic rings. The van der Waals surface area contributed by atoms with Crippen molar-refractivity contribution in [3.05, 3.63) is 124 Å². The van der Waals surface area contributed by atoms with Gasteiger partial charge in [0.15, 0.2) is 0 Å². The van der Waals surface area contributed by atoms with Gasteiger partial charge < -0.3 is 9.64 Å². The Labute approximate surface area is 244 Å². The van der Waals surface area contributed by atoms with Crippen molar-refractivity contribution >= 4 is 46.0 Å². The number of rotatable bonds is 7. The Morgan fingerprint density at radius 1 is 0.800 bits per heavy atom. The molecule has 200 valence electrons. The topological polar surface area (TPSA) is 29.5 Å². The van der Waals surface area contributed by atoms with Crippen LogP contribution in [0.2, 0.25) is 4.34 Å². The minimum absolute atomic E-state index is 0.155. The molecule has 1 aliphatic carbocycles. The minimum atomic E-state index is -0.192. The van der Waals surface area contributed by atoms with Gasteiger partial charge >= 0.3 is 5.97 Å². The zero-order chi connectivity index (χ0) is 27.9. The number of esters is 1. The van der Waals surface area contributed by atoms with Gasteiger partial charge in [0, 0.05) is 33.8 Å². The van der Waals surface area contributed by atoms with Gasteiger partial charge in [0.1, 0.15) is 0 Å². The van der Waals surface area contributed by atoms with Crippen LogP contribution in [0, 0.1) is 0 Å². The van der Waals surface area contributed by atoms with E-state index in [4.69, 9.17) is 16.3 Å². The number of aryl methyl sites for hydroxylation is 1. The van der Waals surface area contributed by atoms with Gasteiger partial charge in [-0.1, -0.05) is 74.0 Å². The van der Waals surface area contributed by atoms with Crippen LogP contribution in [0.15, 0.2) is 103 Å². The highest BCUT2D eigenvalue weighted by atomic mass is 35.5. The SMILES string of the molecule is COC(=O)CCc1ccc(N(c2ccccc2)c2ccc3c(c2)C(C)(C)c2cc(-c4ccc(Cl)s4)ccc2-3)cc1. The number of methoxy groups -OCH3 is 1. The van der Waals surface area contributed by atoms with E-state index in [-0.39, 0.29) is 11.4 Å². The van der Waals surface area contributed by atoms with E-state index in [1.807, 2.05) is 12.1 Å². The molecule has 40 heavy (non-hydrogen) atoms. The molecule has 0 atom stereocenters. The summed E-state index contributed by atoms with van der Waals surface area (Å²) in [4.78, 5) is 15.1. The lowest BCUT2D eigenvalue weighted by Crippen LogP contribution is -2.16. The summed E-state index contributed by atoms with van der Waals surface area (Å²) >= 11 is 7.86. The van der Waals surface area contributed by atoms with Crippen LogP contribution < -0.4 is 4.90 Å². The number of nitrogens with zero attached hydrogens (tertiary/aromatic N) is 1. The van der Waals surface area contributed by atoms with Crippen molar-refractivity contribution in [2.45, 2.75) is 32.1 Å². The number of benzene rings is 4. The molecule has 6 rings (SSSR count). The quantitative estimate of drug-likeness (QED) is 0.184. The molecule has 0 unspecified atom stereocenters. The summed E-state index contributed by atoms with van der Waals surface area (Å²) in [5, 5.41) is 0. The summed E-state index contributed by atoms with van der Waals surface area (Å²) in [6.45, 7) is 4.63. The highest BCUT2D eigenvalue weighted by Gasteiger charge is 2.36. The van der Waals surface area contributed by atoms with Crippen LogP contribution in [0.4, 0.5) is 17.1 Å². The summed E-state index contributed by atoms with van der Waals surface area (Å²) in [6.07, 6.45) is 1.03. The number of fused-ring (bicyclic) bond motifs is 3. The monoisotopic (exact) mass is 563 g/mol. The number of carbonyl (C=O) groups excluding carboxylic acids is 1. The van der Waals surface area contributed by atoms with Crippen molar-refractivity contribution in [3.63, 3.8) is 0 Å². The third kappa shape index (κ3) is 4.83. The van der Waals surface area contributed by atoms with Crippen LogP contribution >= 0.6 is 22.9 Å². The fourth-order valence-electron chi connectivity index (χ4n) is 5.67. The summed E-state index contributed by atoms with van der Waals surface area (Å²) < 4.78 is 5.61. The fourth-order valence-corrected chi connectivity index (χ4v) is 6.71. The maximum absolute atomic E-state index is 11.6. The smallest absolute Gasteiger partial charge is 0.305 e. The van der Waals surface area contributed by atoms with Gasteiger partial charge in [-0.05, 0) is 94.4 Å². The first-order valence-corrected chi connectivity index (χ1v) is 14.6. The second-order valence-corrected chi connectivity index (χ2v) is 12.3. The molecule has 0 radical (unpaired) electrons. The standard InChI is InChI=1S/C35H30ClNO2S/c1-35(2)30-21-24(32-18-19-33(36)40-32)12-16-28(30)29-17-15-27(22-31(29)35)37(25-7-5-4-6-8-25)26-13-9-23(10-14-26)11-20-34(38)39-3/h4-10,12-19,21-22H,11,20H2,1-3H3. The summed E-state index contributed by atoms with van der Waals surface area (Å²) in [7, 11) is 1.43. The highest BCUT2D eigenvalue weighted by molar-refractivity contribution is 7.19. The van der Waals surface area contributed by atoms with Gasteiger partial charge in [0.05, 0.1) is 11.4 Å². The lowest BCUT2D eigenvalue weighted by Gasteiger charge is -2.28. The van der Waals surface area contributed by atoms with Crippen LogP contribution in [0.3, 0.4) is 0 Å². The van der Waals surface area contributed by atoms with Crippen molar-refractivity contribution in [2.75, 3.05) is 12.0 Å². The molecule has 0 amide bonds. The lowest BCUT2D eigenvalue weighted by molar-refractivity contribution is -0.140. The van der Waals surface area contributed by atoms with Gasteiger partial charge in [0.25, 0.3) is 0 Å². The predicted molar refractivity (Wildman–Crippen MR) is 167 cm³/mol. The third-order valence-corrected chi connectivity index (χ3v) is 9.11. The molecular formula is C35H30ClNO2S. The van der Waals surface area contributed by atoms with E-state index in [2.05, 4.69) is 110 Å². The van der Waals surface area contributed by atoms with Gasteiger partial charge in [-0.15, -0.1) is 11.3 Å². The van der Waals surface area contributed by atoms with Gasteiger partial charge in [-0.25, -0.2) is 0 Å². The zero-order valence-corrected chi connectivity index (χ0v) is 24.4. The molecule has 0 saturated carbocycles. The molecular weight excluding hydrogens is 534 g/mol. The number of thiophene rings is 1. The number of carbonyl (C=O) groups is 1. The van der Waals surface area contributed by atoms with Crippen molar-refractivity contribution in [3.8, 4) is 21.6 Å². The fraction of sp³-hybridized carbons (Fsp3) is 0.171. The van der Waals surface area contributed by atoms with Crippen LogP contribution in [-0.2, 0) is 21.4 Å². The Hall–Kier alpha value is -3.86. The molecule has 1 aliphatic rings. The van der Waals surface area contributed by atoms with Crippen LogP contribution in [0.5, 0.6) is 0 Å². The maximum atomic E-state index is 11.6. The molecule has 0 bridgehead atoms. The Kier molecular flexibility index (Phi) is 6.99. The number of halogens is 1. The zero-order valence-electron chi connectivity index (χ0n) is 22.8. The van der Waals surface area contributed by atoms with E-state index < -0.39 is 0 Å². The maximum Gasteiger partial charge on any atom is 0.305 e. The second-order valence-electron chi connectivity index (χ2n) is 10.6. The van der Waals surface area contributed by atoms with Gasteiger partial charge in [-0.2, -0.15) is 0 Å². The number of hydrogen-bond donors (Lipinski definition) is 0. The first-order chi connectivity index (χ1) is 19.3. The average Bonchev–Trinajstić information content (AvgIpc) is 3.51. The van der Waals surface area contributed by atoms with Crippen LogP contribution in [0.1, 0.15) is 37.0 Å². The van der Waals surface area contributed by atoms with E-state index in [1.54, 1.807) is 11.3 Å². The van der Waals surface area contributed by atoms with Crippen molar-refractivity contribution in [1.82, 2.24) is 0 Å². The van der Waals surface area contributed by atoms with Crippen molar-refractivity contribution < 1.29 is 9.53 Å². The number of hydrogen-bond acceptors (Lipinski definition) is 4. The first kappa shape index (κ1) is 26.4. The van der Waals surface area contributed by atoms with E-state index in [0.29, 0.717) is 12.8 Å². The molecule has 0 saturated heterocycles. The molecule has 4 aromatic carbocycles. The second kappa shape index (κ2) is 10.6. The van der Waals surface area contributed by atoms with Crippen molar-refractivity contribution in [2.24, 2.45) is 0 Å². The Bertz CT molecular complexity index is 1690. The van der Waals surface area contributed by atoms with Crippen LogP contribution in [0.25, 0.3) is 21.6 Å². The minimum Gasteiger partial charge on any atom is -0.469 e. The van der Waals surface area contributed by atoms with Crippen molar-refractivity contribution in [1.29, 1.82) is 0 Å². The van der Waals surface area contributed by atoms with E-state index in [9.17, 15) is 4.79 Å². The molecule has 0 N–H and O–H groups in total. The Morgan fingerprint density at radius 2 is 1.45 bits per heavy atom. The first-order valence-electron chi connectivity index (χ1n) is 13.4. The molecule has 0 aliphatic heterocycles. The normalized spacial score (nSPS) is 13.0. The summed E-state index contributed by atoms with van der Waals surface area (Å²) in [6, 6.07) is 36.6. The lowest BCUT2D eigenvalue weighted by atomic mass is 9.81. The predicted octanol–water partition coefficient (Wildman–Crippen LogP) is 9.95. The molecule has 1 aromatic heterocycles. The van der Waals surface area contributed by atoms with Gasteiger partial charge in [-0.3, -0.25) is 4.79 Å². The molecule has 3 nitrogen and oxygen atoms in total. The average molecular weight is 564 g/mol. The Balaban J connectivity index is 1.39. The molecule has 5 heteroatoms. The van der Waals surface area contributed by atoms with Gasteiger partial charge in [0.2, 0.25) is 0 Å². The third-order valence-electron chi connectivity index (χ3n) is 7.83. The molecule has 1 heterocycles. The Morgan fingerprint density at radius 3 is 2.12 bits per heavy atom.